The van der Waals surface area contributed by atoms with Crippen molar-refractivity contribution >= 4 is 0 Å². The molecule has 0 spiro atoms. The van der Waals surface area contributed by atoms with Crippen molar-refractivity contribution in [1.82, 2.24) is 10.2 Å². The third-order valence-corrected chi connectivity index (χ3v) is 3.91. The van der Waals surface area contributed by atoms with Crippen LogP contribution in [0.4, 0.5) is 0 Å². The van der Waals surface area contributed by atoms with Crippen LogP contribution in [-0.2, 0) is 0 Å². The van der Waals surface area contributed by atoms with Crippen molar-refractivity contribution in [3.05, 3.63) is 35.9 Å². The van der Waals surface area contributed by atoms with Gasteiger partial charge in [-0.1, -0.05) is 36.8 Å². The molecular weight excluding hydrogens is 224 g/mol. The van der Waals surface area contributed by atoms with Crippen LogP contribution in [0.1, 0.15) is 30.7 Å². The minimum absolute atomic E-state index is 0.231. The smallest absolute Gasteiger partial charge is 0.0514 e. The Hall–Kier alpha value is -0.900. The SMILES string of the molecule is CNCN1CCCCC1C(CO)c1ccccc1. The fourth-order valence-corrected chi connectivity index (χ4v) is 3.02. The van der Waals surface area contributed by atoms with Gasteiger partial charge in [0.05, 0.1) is 6.61 Å². The molecule has 3 nitrogen and oxygen atoms in total. The molecule has 1 aromatic carbocycles. The molecule has 0 saturated carbocycles. The molecule has 0 radical (unpaired) electrons. The number of benzene rings is 1. The number of hydrogen-bond acceptors (Lipinski definition) is 3. The first-order valence-corrected chi connectivity index (χ1v) is 6.91. The van der Waals surface area contributed by atoms with Crippen molar-refractivity contribution in [3.63, 3.8) is 0 Å². The lowest BCUT2D eigenvalue weighted by Gasteiger charge is -2.40. The van der Waals surface area contributed by atoms with Gasteiger partial charge < -0.3 is 10.4 Å². The van der Waals surface area contributed by atoms with Gasteiger partial charge in [-0.15, -0.1) is 0 Å². The van der Waals surface area contributed by atoms with Crippen LogP contribution in [0.25, 0.3) is 0 Å². The molecule has 1 fully saturated rings. The summed E-state index contributed by atoms with van der Waals surface area (Å²) in [5.74, 6) is 0.236. The van der Waals surface area contributed by atoms with E-state index in [4.69, 9.17) is 0 Å². The average molecular weight is 248 g/mol. The minimum atomic E-state index is 0.231. The average Bonchev–Trinajstić information content (AvgIpc) is 2.43. The number of rotatable bonds is 5. The van der Waals surface area contributed by atoms with E-state index in [2.05, 4.69) is 34.5 Å². The Kier molecular flexibility index (Phi) is 5.17. The second-order valence-electron chi connectivity index (χ2n) is 5.09. The van der Waals surface area contributed by atoms with Gasteiger partial charge in [-0.3, -0.25) is 4.90 Å². The van der Waals surface area contributed by atoms with Gasteiger partial charge in [0.2, 0.25) is 0 Å². The van der Waals surface area contributed by atoms with Gasteiger partial charge in [0.1, 0.15) is 0 Å². The third-order valence-electron chi connectivity index (χ3n) is 3.91. The van der Waals surface area contributed by atoms with Crippen molar-refractivity contribution in [2.24, 2.45) is 0 Å². The molecule has 2 rings (SSSR count). The van der Waals surface area contributed by atoms with E-state index in [0.717, 1.165) is 13.2 Å². The van der Waals surface area contributed by atoms with E-state index in [0.29, 0.717) is 6.04 Å². The monoisotopic (exact) mass is 248 g/mol. The fraction of sp³-hybridized carbons (Fsp3) is 0.600. The first-order valence-electron chi connectivity index (χ1n) is 6.91. The predicted molar refractivity (Wildman–Crippen MR) is 74.5 cm³/mol. The van der Waals surface area contributed by atoms with E-state index in [-0.39, 0.29) is 12.5 Å². The van der Waals surface area contributed by atoms with Crippen LogP contribution >= 0.6 is 0 Å². The van der Waals surface area contributed by atoms with Crippen LogP contribution in [-0.4, -0.2) is 42.9 Å². The molecule has 3 heteroatoms. The molecule has 0 bridgehead atoms. The Morgan fingerprint density at radius 3 is 2.78 bits per heavy atom. The highest BCUT2D eigenvalue weighted by Gasteiger charge is 2.29. The Labute approximate surface area is 110 Å². The fourth-order valence-electron chi connectivity index (χ4n) is 3.02. The van der Waals surface area contributed by atoms with Gasteiger partial charge in [0.15, 0.2) is 0 Å². The summed E-state index contributed by atoms with van der Waals surface area (Å²) in [4.78, 5) is 2.47. The molecular formula is C15H24N2O. The summed E-state index contributed by atoms with van der Waals surface area (Å²) in [5, 5.41) is 13.0. The number of aliphatic hydroxyl groups is 1. The van der Waals surface area contributed by atoms with Crippen molar-refractivity contribution in [2.45, 2.75) is 31.2 Å². The number of hydrogen-bond donors (Lipinski definition) is 2. The molecule has 2 N–H and O–H groups in total. The number of aliphatic hydroxyl groups excluding tert-OH is 1. The third kappa shape index (κ3) is 3.10. The van der Waals surface area contributed by atoms with Crippen molar-refractivity contribution in [3.8, 4) is 0 Å². The summed E-state index contributed by atoms with van der Waals surface area (Å²) < 4.78 is 0. The van der Waals surface area contributed by atoms with Gasteiger partial charge >= 0.3 is 0 Å². The second kappa shape index (κ2) is 6.88. The highest BCUT2D eigenvalue weighted by atomic mass is 16.3. The van der Waals surface area contributed by atoms with Crippen molar-refractivity contribution < 1.29 is 5.11 Å². The standard InChI is InChI=1S/C15H24N2O/c1-16-12-17-10-6-5-9-15(17)14(11-18)13-7-3-2-4-8-13/h2-4,7-8,14-16,18H,5-6,9-12H2,1H3. The molecule has 1 aromatic rings. The molecule has 1 aliphatic heterocycles. The van der Waals surface area contributed by atoms with Crippen LogP contribution in [0.5, 0.6) is 0 Å². The minimum Gasteiger partial charge on any atom is -0.396 e. The molecule has 18 heavy (non-hydrogen) atoms. The number of likely N-dealkylation sites (tertiary alicyclic amines) is 1. The largest absolute Gasteiger partial charge is 0.396 e. The molecule has 1 aliphatic rings. The molecule has 0 aromatic heterocycles. The zero-order chi connectivity index (χ0) is 12.8. The van der Waals surface area contributed by atoms with E-state index in [9.17, 15) is 5.11 Å². The molecule has 2 atom stereocenters. The predicted octanol–water partition coefficient (Wildman–Crippen LogP) is 1.79. The maximum Gasteiger partial charge on any atom is 0.0514 e. The Balaban J connectivity index is 2.14. The summed E-state index contributed by atoms with van der Waals surface area (Å²) >= 11 is 0. The van der Waals surface area contributed by atoms with E-state index < -0.39 is 0 Å². The number of nitrogens with zero attached hydrogens (tertiary/aromatic N) is 1. The van der Waals surface area contributed by atoms with Gasteiger partial charge in [-0.05, 0) is 32.0 Å². The molecule has 100 valence electrons. The highest BCUT2D eigenvalue weighted by molar-refractivity contribution is 5.21. The molecule has 0 amide bonds. The quantitative estimate of drug-likeness (QED) is 0.834. The summed E-state index contributed by atoms with van der Waals surface area (Å²) in [5.41, 5.74) is 1.26. The Morgan fingerprint density at radius 2 is 2.11 bits per heavy atom. The van der Waals surface area contributed by atoms with Crippen LogP contribution in [0.3, 0.4) is 0 Å². The molecule has 1 heterocycles. The first kappa shape index (κ1) is 13.5. The van der Waals surface area contributed by atoms with Crippen LogP contribution in [0.15, 0.2) is 30.3 Å². The summed E-state index contributed by atoms with van der Waals surface area (Å²) in [6.07, 6.45) is 3.72. The normalized spacial score (nSPS) is 22.9. The maximum atomic E-state index is 9.77. The zero-order valence-corrected chi connectivity index (χ0v) is 11.2. The Bertz CT molecular complexity index is 340. The van der Waals surface area contributed by atoms with E-state index >= 15 is 0 Å². The van der Waals surface area contributed by atoms with Crippen LogP contribution in [0.2, 0.25) is 0 Å². The summed E-state index contributed by atoms with van der Waals surface area (Å²) in [6, 6.07) is 10.9. The number of nitrogens with one attached hydrogen (secondary N) is 1. The maximum absolute atomic E-state index is 9.77. The van der Waals surface area contributed by atoms with E-state index in [1.165, 1.54) is 24.8 Å². The molecule has 2 unspecified atom stereocenters. The first-order chi connectivity index (χ1) is 8.86. The van der Waals surface area contributed by atoms with Crippen molar-refractivity contribution in [2.75, 3.05) is 26.9 Å². The topological polar surface area (TPSA) is 35.5 Å². The van der Waals surface area contributed by atoms with Gasteiger partial charge in [-0.25, -0.2) is 0 Å². The van der Waals surface area contributed by atoms with Gasteiger partial charge in [0.25, 0.3) is 0 Å². The Morgan fingerprint density at radius 1 is 1.33 bits per heavy atom. The molecule has 1 saturated heterocycles. The lowest BCUT2D eigenvalue weighted by molar-refractivity contribution is 0.0933. The summed E-state index contributed by atoms with van der Waals surface area (Å²) in [6.45, 7) is 2.28. The lowest BCUT2D eigenvalue weighted by atomic mass is 9.86. The zero-order valence-electron chi connectivity index (χ0n) is 11.2. The van der Waals surface area contributed by atoms with Gasteiger partial charge in [0, 0.05) is 18.6 Å². The lowest BCUT2D eigenvalue weighted by Crippen LogP contribution is -2.47. The highest BCUT2D eigenvalue weighted by Crippen LogP contribution is 2.29. The van der Waals surface area contributed by atoms with E-state index in [1.54, 1.807) is 0 Å². The van der Waals surface area contributed by atoms with E-state index in [1.807, 2.05) is 13.1 Å². The molecule has 0 aliphatic carbocycles. The van der Waals surface area contributed by atoms with Crippen LogP contribution in [0, 0.1) is 0 Å². The summed E-state index contributed by atoms with van der Waals surface area (Å²) in [7, 11) is 1.99. The second-order valence-corrected chi connectivity index (χ2v) is 5.09. The number of piperidine rings is 1. The van der Waals surface area contributed by atoms with Crippen LogP contribution < -0.4 is 5.32 Å². The van der Waals surface area contributed by atoms with Crippen molar-refractivity contribution in [1.29, 1.82) is 0 Å². The van der Waals surface area contributed by atoms with Gasteiger partial charge in [-0.2, -0.15) is 0 Å².